The number of nitrogens with one attached hydrogen (secondary N) is 1. The molecule has 0 radical (unpaired) electrons. The lowest BCUT2D eigenvalue weighted by molar-refractivity contribution is -0.120. The number of rotatable bonds is 4. The van der Waals surface area contributed by atoms with Crippen LogP contribution in [0, 0.1) is 0 Å². The summed E-state index contributed by atoms with van der Waals surface area (Å²) in [7, 11) is 0. The third kappa shape index (κ3) is 3.50. The topological polar surface area (TPSA) is 29.1 Å². The first kappa shape index (κ1) is 14.7. The molecule has 21 heavy (non-hydrogen) atoms. The van der Waals surface area contributed by atoms with Crippen molar-refractivity contribution >= 4 is 33.6 Å². The van der Waals surface area contributed by atoms with E-state index in [1.54, 1.807) is 11.8 Å². The molecule has 1 heterocycles. The van der Waals surface area contributed by atoms with Crippen molar-refractivity contribution in [3.63, 3.8) is 0 Å². The van der Waals surface area contributed by atoms with Crippen LogP contribution >= 0.6 is 27.7 Å². The summed E-state index contributed by atoms with van der Waals surface area (Å²) in [6.45, 7) is 0.675. The first-order chi connectivity index (χ1) is 10.2. The predicted octanol–water partition coefficient (Wildman–Crippen LogP) is 3.82. The van der Waals surface area contributed by atoms with Gasteiger partial charge in [0.2, 0.25) is 5.91 Å². The lowest BCUT2D eigenvalue weighted by Gasteiger charge is -2.10. The number of carbonyl (C=O) groups is 1. The first-order valence-corrected chi connectivity index (χ1v) is 8.67. The van der Waals surface area contributed by atoms with Gasteiger partial charge >= 0.3 is 0 Å². The second kappa shape index (κ2) is 6.67. The summed E-state index contributed by atoms with van der Waals surface area (Å²) in [6.07, 6.45) is 1.68. The number of hydrogen-bond donors (Lipinski definition) is 1. The van der Waals surface area contributed by atoms with Crippen LogP contribution in [0.4, 0.5) is 0 Å². The molecule has 0 aliphatic carbocycles. The number of hydrogen-bond acceptors (Lipinski definition) is 2. The highest BCUT2D eigenvalue weighted by Gasteiger charge is 2.27. The van der Waals surface area contributed by atoms with Gasteiger partial charge in [0.25, 0.3) is 0 Å². The fourth-order valence-corrected chi connectivity index (χ4v) is 4.17. The van der Waals surface area contributed by atoms with E-state index in [4.69, 9.17) is 0 Å². The quantitative estimate of drug-likeness (QED) is 0.896. The van der Waals surface area contributed by atoms with Gasteiger partial charge < -0.3 is 5.32 Å². The molecule has 1 aliphatic rings. The van der Waals surface area contributed by atoms with Crippen molar-refractivity contribution in [1.82, 2.24) is 5.32 Å². The molecule has 2 nitrogen and oxygen atoms in total. The summed E-state index contributed by atoms with van der Waals surface area (Å²) >= 11 is 5.20. The van der Waals surface area contributed by atoms with E-state index in [0.717, 1.165) is 17.3 Å². The highest BCUT2D eigenvalue weighted by molar-refractivity contribution is 9.10. The van der Waals surface area contributed by atoms with Gasteiger partial charge in [0.05, 0.1) is 5.25 Å². The minimum atomic E-state index is 0.0154. The van der Waals surface area contributed by atoms with Crippen molar-refractivity contribution in [3.8, 4) is 0 Å². The molecule has 0 fully saturated rings. The average Bonchev–Trinajstić information content (AvgIpc) is 2.93. The maximum Gasteiger partial charge on any atom is 0.233 e. The van der Waals surface area contributed by atoms with Gasteiger partial charge in [-0.3, -0.25) is 4.79 Å². The van der Waals surface area contributed by atoms with E-state index >= 15 is 0 Å². The Balaban J connectivity index is 1.51. The highest BCUT2D eigenvalue weighted by Crippen LogP contribution is 2.36. The SMILES string of the molecule is O=C(NCCc1ccccc1Br)C1Cc2ccccc2S1. The smallest absolute Gasteiger partial charge is 0.233 e. The Hall–Kier alpha value is -1.26. The molecule has 1 atom stereocenters. The van der Waals surface area contributed by atoms with Crippen LogP contribution in [0.2, 0.25) is 0 Å². The van der Waals surface area contributed by atoms with E-state index in [-0.39, 0.29) is 11.2 Å². The molecule has 108 valence electrons. The van der Waals surface area contributed by atoms with Crippen LogP contribution in [-0.2, 0) is 17.6 Å². The molecule has 1 amide bonds. The summed E-state index contributed by atoms with van der Waals surface area (Å²) in [6, 6.07) is 16.4. The van der Waals surface area contributed by atoms with Gasteiger partial charge in [-0.1, -0.05) is 52.3 Å². The fraction of sp³-hybridized carbons (Fsp3) is 0.235. The van der Waals surface area contributed by atoms with Gasteiger partial charge in [-0.2, -0.15) is 0 Å². The monoisotopic (exact) mass is 361 g/mol. The van der Waals surface area contributed by atoms with E-state index < -0.39 is 0 Å². The summed E-state index contributed by atoms with van der Waals surface area (Å²) in [5.74, 6) is 0.142. The molecule has 3 rings (SSSR count). The maximum atomic E-state index is 12.2. The van der Waals surface area contributed by atoms with Crippen LogP contribution < -0.4 is 5.32 Å². The Bertz CT molecular complexity index is 634. The second-order valence-corrected chi connectivity index (χ2v) is 7.15. The molecule has 1 aliphatic heterocycles. The molecule has 1 N–H and O–H groups in total. The summed E-state index contributed by atoms with van der Waals surface area (Å²) in [5, 5.41) is 3.07. The van der Waals surface area contributed by atoms with E-state index in [1.165, 1.54) is 16.0 Å². The normalized spacial score (nSPS) is 16.5. The molecule has 2 aromatic rings. The Morgan fingerprint density at radius 2 is 1.95 bits per heavy atom. The van der Waals surface area contributed by atoms with Crippen LogP contribution in [0.5, 0.6) is 0 Å². The summed E-state index contributed by atoms with van der Waals surface area (Å²) < 4.78 is 1.10. The predicted molar refractivity (Wildman–Crippen MR) is 90.6 cm³/mol. The van der Waals surface area contributed by atoms with E-state index in [1.807, 2.05) is 30.3 Å². The second-order valence-electron chi connectivity index (χ2n) is 5.05. The zero-order chi connectivity index (χ0) is 14.7. The summed E-state index contributed by atoms with van der Waals surface area (Å²) in [5.41, 5.74) is 2.51. The number of thioether (sulfide) groups is 1. The molecule has 0 saturated heterocycles. The zero-order valence-corrected chi connectivity index (χ0v) is 13.9. The van der Waals surface area contributed by atoms with Gasteiger partial charge in [0.15, 0.2) is 0 Å². The zero-order valence-electron chi connectivity index (χ0n) is 11.5. The van der Waals surface area contributed by atoms with Crippen molar-refractivity contribution in [2.45, 2.75) is 23.0 Å². The molecular formula is C17H16BrNOS. The van der Waals surface area contributed by atoms with Crippen LogP contribution in [0.15, 0.2) is 57.9 Å². The Morgan fingerprint density at radius 3 is 2.76 bits per heavy atom. The minimum absolute atomic E-state index is 0.0154. The van der Waals surface area contributed by atoms with Crippen LogP contribution in [0.3, 0.4) is 0 Å². The Labute approximate surface area is 137 Å². The third-order valence-electron chi connectivity index (χ3n) is 3.59. The number of benzene rings is 2. The van der Waals surface area contributed by atoms with Crippen LogP contribution in [0.1, 0.15) is 11.1 Å². The fourth-order valence-electron chi connectivity index (χ4n) is 2.46. The van der Waals surface area contributed by atoms with Crippen molar-refractivity contribution in [2.75, 3.05) is 6.54 Å². The highest BCUT2D eigenvalue weighted by atomic mass is 79.9. The van der Waals surface area contributed by atoms with E-state index in [0.29, 0.717) is 6.54 Å². The lowest BCUT2D eigenvalue weighted by atomic mass is 10.1. The van der Waals surface area contributed by atoms with Crippen LogP contribution in [0.25, 0.3) is 0 Å². The molecular weight excluding hydrogens is 346 g/mol. The van der Waals surface area contributed by atoms with Gasteiger partial charge in [0, 0.05) is 15.9 Å². The largest absolute Gasteiger partial charge is 0.355 e. The Kier molecular flexibility index (Phi) is 4.66. The van der Waals surface area contributed by atoms with Gasteiger partial charge in [-0.15, -0.1) is 11.8 Å². The molecule has 2 aromatic carbocycles. The molecule has 4 heteroatoms. The average molecular weight is 362 g/mol. The van der Waals surface area contributed by atoms with Crippen molar-refractivity contribution in [1.29, 1.82) is 0 Å². The van der Waals surface area contributed by atoms with Gasteiger partial charge in [-0.05, 0) is 36.1 Å². The van der Waals surface area contributed by atoms with E-state index in [2.05, 4.69) is 39.4 Å². The number of fused-ring (bicyclic) bond motifs is 1. The van der Waals surface area contributed by atoms with Crippen LogP contribution in [-0.4, -0.2) is 17.7 Å². The van der Waals surface area contributed by atoms with Gasteiger partial charge in [-0.25, -0.2) is 0 Å². The number of amides is 1. The lowest BCUT2D eigenvalue weighted by Crippen LogP contribution is -2.33. The third-order valence-corrected chi connectivity index (χ3v) is 5.68. The number of halogens is 1. The molecule has 0 bridgehead atoms. The van der Waals surface area contributed by atoms with Gasteiger partial charge in [0.1, 0.15) is 0 Å². The number of carbonyl (C=O) groups excluding carboxylic acids is 1. The Morgan fingerprint density at radius 1 is 1.19 bits per heavy atom. The molecule has 0 aromatic heterocycles. The minimum Gasteiger partial charge on any atom is -0.355 e. The van der Waals surface area contributed by atoms with Crippen molar-refractivity contribution in [3.05, 3.63) is 64.1 Å². The maximum absolute atomic E-state index is 12.2. The molecule has 1 unspecified atom stereocenters. The molecule has 0 spiro atoms. The molecule has 0 saturated carbocycles. The first-order valence-electron chi connectivity index (χ1n) is 7.00. The summed E-state index contributed by atoms with van der Waals surface area (Å²) in [4.78, 5) is 13.5. The standard InChI is InChI=1S/C17H16BrNOS/c18-14-7-3-1-5-12(14)9-10-19-17(20)16-11-13-6-2-4-8-15(13)21-16/h1-8,16H,9-11H2,(H,19,20). The van der Waals surface area contributed by atoms with Crippen molar-refractivity contribution < 1.29 is 4.79 Å². The van der Waals surface area contributed by atoms with E-state index in [9.17, 15) is 4.79 Å². The van der Waals surface area contributed by atoms with Crippen molar-refractivity contribution in [2.24, 2.45) is 0 Å².